The van der Waals surface area contributed by atoms with Gasteiger partial charge in [-0.15, -0.1) is 11.3 Å². The van der Waals surface area contributed by atoms with Crippen molar-refractivity contribution in [2.24, 2.45) is 5.92 Å². The maximum atomic E-state index is 13.2. The Labute approximate surface area is 227 Å². The summed E-state index contributed by atoms with van der Waals surface area (Å²) >= 11 is 1.59. The van der Waals surface area contributed by atoms with Crippen molar-refractivity contribution in [2.75, 3.05) is 26.7 Å². The first kappa shape index (κ1) is 29.1. The first-order valence-electron chi connectivity index (χ1n) is 12.9. The maximum absolute atomic E-state index is 13.2. The Hall–Kier alpha value is -3.47. The molecule has 0 bridgehead atoms. The van der Waals surface area contributed by atoms with E-state index in [9.17, 15) is 19.2 Å². The van der Waals surface area contributed by atoms with E-state index >= 15 is 0 Å². The minimum absolute atomic E-state index is 0.0326. The third kappa shape index (κ3) is 8.27. The average Bonchev–Trinajstić information content (AvgIpc) is 3.31. The highest BCUT2D eigenvalue weighted by atomic mass is 32.1. The lowest BCUT2D eigenvalue weighted by molar-refractivity contribution is -0.137. The van der Waals surface area contributed by atoms with Crippen molar-refractivity contribution in [3.05, 3.63) is 45.9 Å². The Kier molecular flexibility index (Phi) is 10.6. The van der Waals surface area contributed by atoms with Gasteiger partial charge in [-0.05, 0) is 37.8 Å². The Morgan fingerprint density at radius 1 is 1.24 bits per heavy atom. The molecule has 0 spiro atoms. The summed E-state index contributed by atoms with van der Waals surface area (Å²) in [6, 6.07) is 5.10. The molecule has 4 amide bonds. The van der Waals surface area contributed by atoms with Crippen LogP contribution in [-0.4, -0.2) is 72.3 Å². The van der Waals surface area contributed by atoms with Crippen LogP contribution < -0.4 is 20.7 Å². The van der Waals surface area contributed by atoms with E-state index in [4.69, 9.17) is 4.74 Å². The SMILES string of the molecule is Cc1csc(CCCNC(=O)[C@@H]2CCC(=O)N[C@H](C(C)C)C(=O)N(C)CCOc3ccccc3C(=O)N2)n1. The standard InChI is InChI=1S/C27H37N5O5S/c1-17(2)24-27(36)32(4)14-15-37-21-9-6-5-8-19(21)25(34)30-20(11-12-22(33)31-24)26(35)28-13-7-10-23-29-18(3)16-38-23/h5-6,8-9,16-17,20,24H,7,10-15H2,1-4H3,(H,28,35)(H,30,34)(H,31,33)/t20-,24+/m0/s1. The van der Waals surface area contributed by atoms with Gasteiger partial charge in [0.1, 0.15) is 24.4 Å². The van der Waals surface area contributed by atoms with Crippen molar-refractivity contribution in [1.29, 1.82) is 0 Å². The maximum Gasteiger partial charge on any atom is 0.255 e. The summed E-state index contributed by atoms with van der Waals surface area (Å²) in [5, 5.41) is 11.5. The van der Waals surface area contributed by atoms with E-state index in [1.54, 1.807) is 42.6 Å². The van der Waals surface area contributed by atoms with Crippen LogP contribution in [0.15, 0.2) is 29.6 Å². The summed E-state index contributed by atoms with van der Waals surface area (Å²) in [6.45, 7) is 6.51. The molecule has 0 unspecified atom stereocenters. The number of benzene rings is 1. The minimum Gasteiger partial charge on any atom is -0.491 e. The summed E-state index contributed by atoms with van der Waals surface area (Å²) in [7, 11) is 1.65. The highest BCUT2D eigenvalue weighted by Crippen LogP contribution is 2.19. The number of carbonyl (C=O) groups excluding carboxylic acids is 4. The molecule has 0 saturated carbocycles. The second-order valence-electron chi connectivity index (χ2n) is 9.74. The molecule has 0 radical (unpaired) electrons. The van der Waals surface area contributed by atoms with Crippen molar-refractivity contribution in [3.8, 4) is 5.75 Å². The van der Waals surface area contributed by atoms with Crippen molar-refractivity contribution < 1.29 is 23.9 Å². The summed E-state index contributed by atoms with van der Waals surface area (Å²) in [4.78, 5) is 58.0. The number of ether oxygens (including phenoxy) is 1. The zero-order chi connectivity index (χ0) is 27.7. The molecule has 0 fully saturated rings. The summed E-state index contributed by atoms with van der Waals surface area (Å²) in [5.41, 5.74) is 1.25. The van der Waals surface area contributed by atoms with Crippen LogP contribution in [0.1, 0.15) is 54.2 Å². The number of aromatic nitrogens is 1. The smallest absolute Gasteiger partial charge is 0.255 e. The van der Waals surface area contributed by atoms with Crippen molar-refractivity contribution in [1.82, 2.24) is 25.8 Å². The van der Waals surface area contributed by atoms with E-state index in [0.29, 0.717) is 18.7 Å². The molecule has 1 aliphatic heterocycles. The Balaban J connectivity index is 1.75. The van der Waals surface area contributed by atoms with E-state index in [1.807, 2.05) is 26.2 Å². The predicted octanol–water partition coefficient (Wildman–Crippen LogP) is 2.07. The molecule has 38 heavy (non-hydrogen) atoms. The van der Waals surface area contributed by atoms with Crippen molar-refractivity contribution in [3.63, 3.8) is 0 Å². The van der Waals surface area contributed by atoms with E-state index in [1.165, 1.54) is 4.90 Å². The lowest BCUT2D eigenvalue weighted by atomic mass is 10.0. The molecule has 1 aromatic carbocycles. The highest BCUT2D eigenvalue weighted by molar-refractivity contribution is 7.09. The Morgan fingerprint density at radius 3 is 2.71 bits per heavy atom. The fourth-order valence-corrected chi connectivity index (χ4v) is 4.87. The van der Waals surface area contributed by atoms with Crippen LogP contribution in [0, 0.1) is 12.8 Å². The fourth-order valence-electron chi connectivity index (χ4n) is 4.05. The molecule has 1 aliphatic rings. The topological polar surface area (TPSA) is 130 Å². The van der Waals surface area contributed by atoms with Gasteiger partial charge in [0.05, 0.1) is 17.1 Å². The molecule has 0 aliphatic carbocycles. The second-order valence-corrected chi connectivity index (χ2v) is 10.7. The number of carbonyl (C=O) groups is 4. The fraction of sp³-hybridized carbons (Fsp3) is 0.519. The van der Waals surface area contributed by atoms with Gasteiger partial charge in [-0.2, -0.15) is 0 Å². The third-order valence-electron chi connectivity index (χ3n) is 6.26. The van der Waals surface area contributed by atoms with Gasteiger partial charge in [0.25, 0.3) is 5.91 Å². The van der Waals surface area contributed by atoms with E-state index < -0.39 is 18.0 Å². The quantitative estimate of drug-likeness (QED) is 0.479. The Bertz CT molecular complexity index is 1130. The average molecular weight is 544 g/mol. The lowest BCUT2D eigenvalue weighted by Gasteiger charge is -2.27. The monoisotopic (exact) mass is 543 g/mol. The lowest BCUT2D eigenvalue weighted by Crippen LogP contribution is -2.51. The number of aryl methyl sites for hydroxylation is 2. The number of nitrogens with zero attached hydrogens (tertiary/aromatic N) is 2. The molecule has 11 heteroatoms. The van der Waals surface area contributed by atoms with Crippen LogP contribution in [0.3, 0.4) is 0 Å². The van der Waals surface area contributed by atoms with Crippen molar-refractivity contribution >= 4 is 35.0 Å². The summed E-state index contributed by atoms with van der Waals surface area (Å²) in [5.74, 6) is -1.21. The second kappa shape index (κ2) is 13.9. The summed E-state index contributed by atoms with van der Waals surface area (Å²) < 4.78 is 5.84. The number of rotatable bonds is 6. The van der Waals surface area contributed by atoms with E-state index in [0.717, 1.165) is 17.1 Å². The first-order chi connectivity index (χ1) is 18.2. The Morgan fingerprint density at radius 2 is 2.00 bits per heavy atom. The van der Waals surface area contributed by atoms with Crippen LogP contribution in [0.4, 0.5) is 0 Å². The molecule has 206 valence electrons. The first-order valence-corrected chi connectivity index (χ1v) is 13.8. The number of likely N-dealkylation sites (N-methyl/N-ethyl adjacent to an activating group) is 1. The number of thiazole rings is 1. The molecular formula is C27H37N5O5S. The van der Waals surface area contributed by atoms with Crippen LogP contribution in [-0.2, 0) is 20.8 Å². The number of hydrogen-bond acceptors (Lipinski definition) is 7. The van der Waals surface area contributed by atoms with E-state index in [2.05, 4.69) is 20.9 Å². The number of nitrogens with one attached hydrogen (secondary N) is 3. The normalized spacial score (nSPS) is 19.5. The molecule has 3 rings (SSSR count). The van der Waals surface area contributed by atoms with Gasteiger partial charge in [0, 0.05) is 37.5 Å². The largest absolute Gasteiger partial charge is 0.491 e. The molecule has 2 aromatic rings. The minimum atomic E-state index is -0.940. The van der Waals surface area contributed by atoms with Gasteiger partial charge in [-0.3, -0.25) is 19.2 Å². The molecular weight excluding hydrogens is 506 g/mol. The van der Waals surface area contributed by atoms with Gasteiger partial charge in [-0.25, -0.2) is 4.98 Å². The van der Waals surface area contributed by atoms with Crippen LogP contribution >= 0.6 is 11.3 Å². The van der Waals surface area contributed by atoms with Crippen LogP contribution in [0.25, 0.3) is 0 Å². The number of hydrogen-bond donors (Lipinski definition) is 3. The number of para-hydroxylation sites is 1. The summed E-state index contributed by atoms with van der Waals surface area (Å²) in [6.07, 6.45) is 1.48. The van der Waals surface area contributed by atoms with Gasteiger partial charge in [0.2, 0.25) is 17.7 Å². The van der Waals surface area contributed by atoms with Gasteiger partial charge < -0.3 is 25.6 Å². The highest BCUT2D eigenvalue weighted by Gasteiger charge is 2.29. The zero-order valence-corrected chi connectivity index (χ0v) is 23.2. The number of amides is 4. The van der Waals surface area contributed by atoms with Gasteiger partial charge in [-0.1, -0.05) is 26.0 Å². The van der Waals surface area contributed by atoms with E-state index in [-0.39, 0.29) is 55.2 Å². The predicted molar refractivity (Wildman–Crippen MR) is 145 cm³/mol. The molecule has 2 heterocycles. The molecule has 0 saturated heterocycles. The molecule has 1 aromatic heterocycles. The molecule has 2 atom stereocenters. The van der Waals surface area contributed by atoms with Crippen LogP contribution in [0.2, 0.25) is 0 Å². The van der Waals surface area contributed by atoms with Crippen LogP contribution in [0.5, 0.6) is 5.75 Å². The zero-order valence-electron chi connectivity index (χ0n) is 22.4. The molecule has 3 N–H and O–H groups in total. The van der Waals surface area contributed by atoms with Gasteiger partial charge >= 0.3 is 0 Å². The van der Waals surface area contributed by atoms with Gasteiger partial charge in [0.15, 0.2) is 0 Å². The third-order valence-corrected chi connectivity index (χ3v) is 7.28. The molecule has 10 nitrogen and oxygen atoms in total. The van der Waals surface area contributed by atoms with Crippen molar-refractivity contribution in [2.45, 2.75) is 58.5 Å². The number of fused-ring (bicyclic) bond motifs is 1.